The van der Waals surface area contributed by atoms with E-state index in [1.165, 1.54) is 0 Å². The summed E-state index contributed by atoms with van der Waals surface area (Å²) in [4.78, 5) is 13.2. The predicted octanol–water partition coefficient (Wildman–Crippen LogP) is -0.367. The van der Waals surface area contributed by atoms with Gasteiger partial charge in [-0.25, -0.2) is 0 Å². The van der Waals surface area contributed by atoms with Crippen LogP contribution in [0.1, 0.15) is 12.8 Å². The maximum Gasteiger partial charge on any atom is 0.248 e. The van der Waals surface area contributed by atoms with Crippen LogP contribution < -0.4 is 0 Å². The van der Waals surface area contributed by atoms with Crippen LogP contribution in [0.4, 0.5) is 0 Å². The molecule has 1 N–H and O–H groups in total. The normalized spacial score (nSPS) is 21.7. The Morgan fingerprint density at radius 3 is 3.00 bits per heavy atom. The van der Waals surface area contributed by atoms with Crippen molar-refractivity contribution in [2.45, 2.75) is 18.9 Å². The summed E-state index contributed by atoms with van der Waals surface area (Å²) in [5, 5.41) is 9.38. The highest BCUT2D eigenvalue weighted by molar-refractivity contribution is 5.77. The fraction of sp³-hybridized carbons (Fsp3) is 0.900. The first kappa shape index (κ1) is 12.4. The predicted molar refractivity (Wildman–Crippen MR) is 54.5 cm³/mol. The SMILES string of the molecule is COCCOCC(=O)N1CCC[C@H](O)C1. The summed E-state index contributed by atoms with van der Waals surface area (Å²) < 4.78 is 9.92. The molecule has 88 valence electrons. The number of aliphatic hydroxyl groups is 1. The van der Waals surface area contributed by atoms with Crippen molar-refractivity contribution in [2.75, 3.05) is 40.0 Å². The molecule has 0 aromatic carbocycles. The lowest BCUT2D eigenvalue weighted by Crippen LogP contribution is -2.43. The Labute approximate surface area is 90.0 Å². The quantitative estimate of drug-likeness (QED) is 0.638. The second kappa shape index (κ2) is 6.76. The zero-order valence-electron chi connectivity index (χ0n) is 9.15. The highest BCUT2D eigenvalue weighted by Crippen LogP contribution is 2.09. The van der Waals surface area contributed by atoms with Crippen LogP contribution in [0.15, 0.2) is 0 Å². The molecule has 1 rings (SSSR count). The Kier molecular flexibility index (Phi) is 5.60. The molecule has 1 aliphatic rings. The number of aliphatic hydroxyl groups excluding tert-OH is 1. The third kappa shape index (κ3) is 4.59. The minimum Gasteiger partial charge on any atom is -0.391 e. The van der Waals surface area contributed by atoms with Crippen LogP contribution in [0.3, 0.4) is 0 Å². The van der Waals surface area contributed by atoms with Crippen LogP contribution in [-0.4, -0.2) is 62.0 Å². The molecule has 5 heteroatoms. The Bertz CT molecular complexity index is 198. The number of carbonyl (C=O) groups is 1. The first-order valence-corrected chi connectivity index (χ1v) is 5.26. The molecule has 1 fully saturated rings. The Morgan fingerprint density at radius 1 is 1.53 bits per heavy atom. The number of amides is 1. The smallest absolute Gasteiger partial charge is 0.248 e. The lowest BCUT2D eigenvalue weighted by molar-refractivity contribution is -0.139. The lowest BCUT2D eigenvalue weighted by atomic mass is 10.1. The van der Waals surface area contributed by atoms with Crippen molar-refractivity contribution in [1.82, 2.24) is 4.90 Å². The molecule has 0 aromatic rings. The summed E-state index contributed by atoms with van der Waals surface area (Å²) in [5.41, 5.74) is 0. The van der Waals surface area contributed by atoms with Gasteiger partial charge in [-0.2, -0.15) is 0 Å². The van der Waals surface area contributed by atoms with Crippen molar-refractivity contribution in [3.05, 3.63) is 0 Å². The average molecular weight is 217 g/mol. The second-order valence-electron chi connectivity index (χ2n) is 3.68. The summed E-state index contributed by atoms with van der Waals surface area (Å²) >= 11 is 0. The molecule has 0 aliphatic carbocycles. The highest BCUT2D eigenvalue weighted by atomic mass is 16.5. The van der Waals surface area contributed by atoms with Crippen molar-refractivity contribution in [2.24, 2.45) is 0 Å². The number of rotatable bonds is 5. The second-order valence-corrected chi connectivity index (χ2v) is 3.68. The maximum atomic E-state index is 11.6. The summed E-state index contributed by atoms with van der Waals surface area (Å²) in [6.45, 7) is 2.17. The van der Waals surface area contributed by atoms with Gasteiger partial charge in [0.1, 0.15) is 6.61 Å². The minimum atomic E-state index is -0.373. The number of hydrogen-bond donors (Lipinski definition) is 1. The topological polar surface area (TPSA) is 59.0 Å². The Morgan fingerprint density at radius 2 is 2.33 bits per heavy atom. The zero-order valence-corrected chi connectivity index (χ0v) is 9.15. The van der Waals surface area contributed by atoms with E-state index >= 15 is 0 Å². The maximum absolute atomic E-state index is 11.6. The number of hydrogen-bond acceptors (Lipinski definition) is 4. The fourth-order valence-electron chi connectivity index (χ4n) is 1.57. The van der Waals surface area contributed by atoms with Gasteiger partial charge in [-0.15, -0.1) is 0 Å². The van der Waals surface area contributed by atoms with E-state index in [1.807, 2.05) is 0 Å². The van der Waals surface area contributed by atoms with E-state index in [9.17, 15) is 9.90 Å². The average Bonchev–Trinajstić information content (AvgIpc) is 2.24. The van der Waals surface area contributed by atoms with Gasteiger partial charge in [-0.3, -0.25) is 4.79 Å². The van der Waals surface area contributed by atoms with E-state index in [-0.39, 0.29) is 18.6 Å². The molecule has 0 unspecified atom stereocenters. The molecule has 0 radical (unpaired) electrons. The van der Waals surface area contributed by atoms with Crippen molar-refractivity contribution in [3.63, 3.8) is 0 Å². The fourth-order valence-corrected chi connectivity index (χ4v) is 1.57. The molecule has 1 aliphatic heterocycles. The van der Waals surface area contributed by atoms with E-state index in [2.05, 4.69) is 0 Å². The van der Waals surface area contributed by atoms with Crippen LogP contribution in [0, 0.1) is 0 Å². The number of ether oxygens (including phenoxy) is 2. The van der Waals surface area contributed by atoms with Gasteiger partial charge < -0.3 is 19.5 Å². The van der Waals surface area contributed by atoms with Crippen LogP contribution in [0.2, 0.25) is 0 Å². The molecular formula is C10H19NO4. The molecule has 15 heavy (non-hydrogen) atoms. The number of nitrogens with zero attached hydrogens (tertiary/aromatic N) is 1. The number of likely N-dealkylation sites (tertiary alicyclic amines) is 1. The first-order chi connectivity index (χ1) is 7.24. The van der Waals surface area contributed by atoms with Gasteiger partial charge in [-0.1, -0.05) is 0 Å². The Hall–Kier alpha value is -0.650. The van der Waals surface area contributed by atoms with E-state index in [4.69, 9.17) is 9.47 Å². The van der Waals surface area contributed by atoms with Gasteiger partial charge in [0.05, 0.1) is 19.3 Å². The summed E-state index contributed by atoms with van der Waals surface area (Å²) in [6.07, 6.45) is 1.28. The van der Waals surface area contributed by atoms with Crippen LogP contribution in [-0.2, 0) is 14.3 Å². The van der Waals surface area contributed by atoms with Crippen LogP contribution in [0.25, 0.3) is 0 Å². The van der Waals surface area contributed by atoms with E-state index < -0.39 is 0 Å². The molecule has 1 atom stereocenters. The van der Waals surface area contributed by atoms with Crippen LogP contribution >= 0.6 is 0 Å². The molecule has 0 aromatic heterocycles. The molecule has 1 saturated heterocycles. The molecule has 5 nitrogen and oxygen atoms in total. The number of carbonyl (C=O) groups excluding carboxylic acids is 1. The summed E-state index contributed by atoms with van der Waals surface area (Å²) in [5.74, 6) is -0.0511. The molecule has 0 saturated carbocycles. The minimum absolute atomic E-state index is 0.0511. The number of piperidine rings is 1. The van der Waals surface area contributed by atoms with Gasteiger partial charge in [0.2, 0.25) is 5.91 Å². The molecular weight excluding hydrogens is 198 g/mol. The molecule has 0 bridgehead atoms. The third-order valence-corrected chi connectivity index (χ3v) is 2.41. The van der Waals surface area contributed by atoms with E-state index in [0.29, 0.717) is 19.8 Å². The van der Waals surface area contributed by atoms with Crippen molar-refractivity contribution >= 4 is 5.91 Å². The summed E-state index contributed by atoms with van der Waals surface area (Å²) in [6, 6.07) is 0. The molecule has 0 spiro atoms. The van der Waals surface area contributed by atoms with E-state index in [0.717, 1.165) is 19.4 Å². The number of β-amino-alcohol motifs (C(OH)–C–C–N with tert-alkyl or cyclic N) is 1. The third-order valence-electron chi connectivity index (χ3n) is 2.41. The lowest BCUT2D eigenvalue weighted by Gasteiger charge is -2.29. The van der Waals surface area contributed by atoms with Crippen LogP contribution in [0.5, 0.6) is 0 Å². The molecule has 1 heterocycles. The largest absolute Gasteiger partial charge is 0.391 e. The standard InChI is InChI=1S/C10H19NO4/c1-14-5-6-15-8-10(13)11-4-2-3-9(12)7-11/h9,12H,2-8H2,1H3/t9-/m0/s1. The first-order valence-electron chi connectivity index (χ1n) is 5.26. The van der Waals surface area contributed by atoms with Gasteiger partial charge in [0.15, 0.2) is 0 Å². The van der Waals surface area contributed by atoms with Crippen molar-refractivity contribution in [3.8, 4) is 0 Å². The van der Waals surface area contributed by atoms with Crippen molar-refractivity contribution < 1.29 is 19.4 Å². The van der Waals surface area contributed by atoms with Crippen molar-refractivity contribution in [1.29, 1.82) is 0 Å². The van der Waals surface area contributed by atoms with Gasteiger partial charge in [0, 0.05) is 20.2 Å². The number of methoxy groups -OCH3 is 1. The monoisotopic (exact) mass is 217 g/mol. The molecule has 1 amide bonds. The summed E-state index contributed by atoms with van der Waals surface area (Å²) in [7, 11) is 1.59. The Balaban J connectivity index is 2.15. The van der Waals surface area contributed by atoms with Gasteiger partial charge in [0.25, 0.3) is 0 Å². The van der Waals surface area contributed by atoms with E-state index in [1.54, 1.807) is 12.0 Å². The van der Waals surface area contributed by atoms with Gasteiger partial charge >= 0.3 is 0 Å². The zero-order chi connectivity index (χ0) is 11.1. The van der Waals surface area contributed by atoms with Gasteiger partial charge in [-0.05, 0) is 12.8 Å². The highest BCUT2D eigenvalue weighted by Gasteiger charge is 2.21.